The maximum atomic E-state index is 13.0. The largest absolute Gasteiger partial charge is 0.478 e. The van der Waals surface area contributed by atoms with Crippen LogP contribution in [-0.4, -0.2) is 44.7 Å². The van der Waals surface area contributed by atoms with Gasteiger partial charge in [-0.1, -0.05) is 30.3 Å². The number of carbonyl (C=O) groups is 3. The van der Waals surface area contributed by atoms with Crippen LogP contribution in [0.25, 0.3) is 10.9 Å². The van der Waals surface area contributed by atoms with E-state index in [2.05, 4.69) is 5.32 Å². The number of ether oxygens (including phenoxy) is 1. The molecule has 0 saturated heterocycles. The summed E-state index contributed by atoms with van der Waals surface area (Å²) in [7, 11) is 0. The fraction of sp³-hybridized carbons (Fsp3) is 0.320. The number of aromatic nitrogens is 1. The summed E-state index contributed by atoms with van der Waals surface area (Å²) in [5.74, 6) is -1.19. The smallest absolute Gasteiger partial charge is 0.410 e. The lowest BCUT2D eigenvalue weighted by molar-refractivity contribution is 0.0232. The second kappa shape index (κ2) is 8.61. The van der Waals surface area contributed by atoms with E-state index in [1.807, 2.05) is 49.7 Å². The van der Waals surface area contributed by atoms with Crippen LogP contribution in [0, 0.1) is 0 Å². The number of amides is 2. The van der Waals surface area contributed by atoms with Crippen molar-refractivity contribution >= 4 is 28.9 Å². The predicted molar refractivity (Wildman–Crippen MR) is 123 cm³/mol. The summed E-state index contributed by atoms with van der Waals surface area (Å²) < 4.78 is 7.56. The van der Waals surface area contributed by atoms with Gasteiger partial charge in [-0.05, 0) is 44.0 Å². The van der Waals surface area contributed by atoms with Crippen LogP contribution in [0.3, 0.4) is 0 Å². The molecule has 0 fully saturated rings. The van der Waals surface area contributed by atoms with Crippen LogP contribution < -0.4 is 5.32 Å². The van der Waals surface area contributed by atoms with Gasteiger partial charge >= 0.3 is 12.1 Å². The van der Waals surface area contributed by atoms with E-state index >= 15 is 0 Å². The normalized spacial score (nSPS) is 13.5. The number of carbonyl (C=O) groups excluding carboxylic acids is 2. The quantitative estimate of drug-likeness (QED) is 0.627. The van der Waals surface area contributed by atoms with Crippen LogP contribution in [0.15, 0.2) is 48.7 Å². The van der Waals surface area contributed by atoms with E-state index in [1.54, 1.807) is 17.0 Å². The SMILES string of the molecule is CC(C)(C)OC(=O)N1CCn2cc(C(=O)NCc3ccc(C(=O)O)cc3)c3cccc(c32)C1. The molecule has 1 aromatic heterocycles. The Morgan fingerprint density at radius 3 is 2.45 bits per heavy atom. The molecule has 0 aliphatic carbocycles. The number of carboxylic acids is 1. The van der Waals surface area contributed by atoms with E-state index in [9.17, 15) is 14.4 Å². The lowest BCUT2D eigenvalue weighted by atomic mass is 10.1. The molecule has 2 aromatic carbocycles. The molecule has 0 atom stereocenters. The van der Waals surface area contributed by atoms with Crippen molar-refractivity contribution in [3.05, 3.63) is 70.9 Å². The summed E-state index contributed by atoms with van der Waals surface area (Å²) >= 11 is 0. The van der Waals surface area contributed by atoms with Crippen LogP contribution in [0.1, 0.15) is 52.6 Å². The molecule has 8 nitrogen and oxygen atoms in total. The summed E-state index contributed by atoms with van der Waals surface area (Å²) in [5, 5.41) is 12.8. The Morgan fingerprint density at radius 1 is 1.06 bits per heavy atom. The van der Waals surface area contributed by atoms with Crippen molar-refractivity contribution in [2.75, 3.05) is 6.54 Å². The zero-order valence-electron chi connectivity index (χ0n) is 18.9. The summed E-state index contributed by atoms with van der Waals surface area (Å²) in [5.41, 5.74) is 2.92. The van der Waals surface area contributed by atoms with E-state index in [-0.39, 0.29) is 24.1 Å². The van der Waals surface area contributed by atoms with Crippen molar-refractivity contribution in [3.8, 4) is 0 Å². The molecule has 0 spiro atoms. The first-order valence-electron chi connectivity index (χ1n) is 10.8. The van der Waals surface area contributed by atoms with Crippen molar-refractivity contribution in [2.24, 2.45) is 0 Å². The highest BCUT2D eigenvalue weighted by Gasteiger charge is 2.26. The molecule has 2 N–H and O–H groups in total. The standard InChI is InChI=1S/C25H27N3O5/c1-25(2,3)33-24(32)28-12-11-27-15-20(19-6-4-5-18(14-28)21(19)27)22(29)26-13-16-7-9-17(10-8-16)23(30)31/h4-10,15H,11-14H2,1-3H3,(H,26,29)(H,30,31). The number of para-hydroxylation sites is 1. The number of hydrogen-bond acceptors (Lipinski definition) is 4. The van der Waals surface area contributed by atoms with E-state index in [0.29, 0.717) is 25.2 Å². The monoisotopic (exact) mass is 449 g/mol. The lowest BCUT2D eigenvalue weighted by Crippen LogP contribution is -2.37. The second-order valence-corrected chi connectivity index (χ2v) is 9.14. The predicted octanol–water partition coefficient (Wildman–Crippen LogP) is 4.02. The van der Waals surface area contributed by atoms with Gasteiger partial charge < -0.3 is 24.6 Å². The van der Waals surface area contributed by atoms with Crippen molar-refractivity contribution < 1.29 is 24.2 Å². The minimum absolute atomic E-state index is 0.204. The van der Waals surface area contributed by atoms with Crippen LogP contribution in [0.5, 0.6) is 0 Å². The van der Waals surface area contributed by atoms with Gasteiger partial charge in [-0.3, -0.25) is 4.79 Å². The van der Waals surface area contributed by atoms with Crippen molar-refractivity contribution in [2.45, 2.75) is 46.0 Å². The van der Waals surface area contributed by atoms with E-state index in [1.165, 1.54) is 12.1 Å². The maximum Gasteiger partial charge on any atom is 0.410 e. The van der Waals surface area contributed by atoms with Gasteiger partial charge in [0.2, 0.25) is 0 Å². The highest BCUT2D eigenvalue weighted by molar-refractivity contribution is 6.07. The fourth-order valence-electron chi connectivity index (χ4n) is 3.96. The number of benzene rings is 2. The molecule has 33 heavy (non-hydrogen) atoms. The van der Waals surface area contributed by atoms with E-state index in [4.69, 9.17) is 9.84 Å². The molecule has 2 heterocycles. The third kappa shape index (κ3) is 4.84. The average Bonchev–Trinajstić information content (AvgIpc) is 3.02. The topological polar surface area (TPSA) is 101 Å². The summed E-state index contributed by atoms with van der Waals surface area (Å²) in [6, 6.07) is 12.2. The number of nitrogens with one attached hydrogen (secondary N) is 1. The highest BCUT2D eigenvalue weighted by Crippen LogP contribution is 2.28. The van der Waals surface area contributed by atoms with Gasteiger partial charge in [-0.25, -0.2) is 9.59 Å². The minimum atomic E-state index is -0.985. The molecule has 0 unspecified atom stereocenters. The lowest BCUT2D eigenvalue weighted by Gasteiger charge is -2.26. The molecule has 1 aliphatic heterocycles. The molecule has 1 aliphatic rings. The highest BCUT2D eigenvalue weighted by atomic mass is 16.6. The first-order chi connectivity index (χ1) is 15.6. The third-order valence-electron chi connectivity index (χ3n) is 5.50. The van der Waals surface area contributed by atoms with Crippen LogP contribution in [-0.2, 0) is 24.4 Å². The maximum absolute atomic E-state index is 13.0. The molecular weight excluding hydrogens is 422 g/mol. The van der Waals surface area contributed by atoms with Crippen molar-refractivity contribution in [1.29, 1.82) is 0 Å². The molecule has 4 rings (SSSR count). The van der Waals surface area contributed by atoms with Gasteiger partial charge in [0.05, 0.1) is 23.2 Å². The van der Waals surface area contributed by atoms with Gasteiger partial charge in [0.25, 0.3) is 5.91 Å². The molecule has 2 amide bonds. The summed E-state index contributed by atoms with van der Waals surface area (Å²) in [6.45, 7) is 7.26. The molecule has 0 bridgehead atoms. The van der Waals surface area contributed by atoms with Gasteiger partial charge in [0, 0.05) is 31.2 Å². The Kier molecular flexibility index (Phi) is 5.84. The minimum Gasteiger partial charge on any atom is -0.478 e. The molecule has 0 radical (unpaired) electrons. The van der Waals surface area contributed by atoms with Crippen LogP contribution >= 0.6 is 0 Å². The van der Waals surface area contributed by atoms with Gasteiger partial charge in [0.1, 0.15) is 5.60 Å². The number of rotatable bonds is 4. The first kappa shape index (κ1) is 22.4. The van der Waals surface area contributed by atoms with Gasteiger partial charge in [0.15, 0.2) is 0 Å². The van der Waals surface area contributed by atoms with Crippen LogP contribution in [0.4, 0.5) is 4.79 Å². The number of hydrogen-bond donors (Lipinski definition) is 2. The summed E-state index contributed by atoms with van der Waals surface area (Å²) in [4.78, 5) is 38.3. The first-order valence-corrected chi connectivity index (χ1v) is 10.8. The Hall–Kier alpha value is -3.81. The van der Waals surface area contributed by atoms with Gasteiger partial charge in [-0.15, -0.1) is 0 Å². The third-order valence-corrected chi connectivity index (χ3v) is 5.50. The molecular formula is C25H27N3O5. The fourth-order valence-corrected chi connectivity index (χ4v) is 3.96. The molecule has 0 saturated carbocycles. The number of nitrogens with zero attached hydrogens (tertiary/aromatic N) is 2. The zero-order valence-corrected chi connectivity index (χ0v) is 18.9. The Morgan fingerprint density at radius 2 is 1.79 bits per heavy atom. The van der Waals surface area contributed by atoms with E-state index in [0.717, 1.165) is 22.0 Å². The Bertz CT molecular complexity index is 1220. The number of carboxylic acid groups (broad SMARTS) is 1. The zero-order chi connectivity index (χ0) is 23.8. The molecule has 3 aromatic rings. The average molecular weight is 450 g/mol. The molecule has 172 valence electrons. The molecule has 8 heteroatoms. The van der Waals surface area contributed by atoms with Gasteiger partial charge in [-0.2, -0.15) is 0 Å². The van der Waals surface area contributed by atoms with Crippen molar-refractivity contribution in [3.63, 3.8) is 0 Å². The Labute approximate surface area is 191 Å². The van der Waals surface area contributed by atoms with Crippen LogP contribution in [0.2, 0.25) is 0 Å². The number of aromatic carboxylic acids is 1. The summed E-state index contributed by atoms with van der Waals surface area (Å²) in [6.07, 6.45) is 1.48. The second-order valence-electron chi connectivity index (χ2n) is 9.14. The van der Waals surface area contributed by atoms with E-state index < -0.39 is 11.6 Å². The van der Waals surface area contributed by atoms with Crippen molar-refractivity contribution in [1.82, 2.24) is 14.8 Å². The Balaban J connectivity index is 1.53.